The molecule has 0 unspecified atom stereocenters. The highest BCUT2D eigenvalue weighted by Crippen LogP contribution is 2.24. The van der Waals surface area contributed by atoms with E-state index < -0.39 is 0 Å². The Balaban J connectivity index is 2.61. The van der Waals surface area contributed by atoms with Crippen LogP contribution in [0.4, 0.5) is 5.95 Å². The van der Waals surface area contributed by atoms with E-state index in [1.54, 1.807) is 0 Å². The van der Waals surface area contributed by atoms with Crippen molar-refractivity contribution in [1.29, 1.82) is 0 Å². The van der Waals surface area contributed by atoms with Gasteiger partial charge in [0.1, 0.15) is 0 Å². The fourth-order valence-electron chi connectivity index (χ4n) is 2.25. The zero-order chi connectivity index (χ0) is 12.9. The molecule has 1 aromatic heterocycles. The van der Waals surface area contributed by atoms with Gasteiger partial charge < -0.3 is 5.73 Å². The Labute approximate surface area is 103 Å². The van der Waals surface area contributed by atoms with E-state index in [-0.39, 0.29) is 11.5 Å². The summed E-state index contributed by atoms with van der Waals surface area (Å²) in [5.74, 6) is 0.149. The van der Waals surface area contributed by atoms with Crippen molar-refractivity contribution in [3.8, 4) is 0 Å². The molecule has 18 heavy (non-hydrogen) atoms. The molecule has 0 bridgehead atoms. The van der Waals surface area contributed by atoms with E-state index in [2.05, 4.69) is 23.0 Å². The van der Waals surface area contributed by atoms with Crippen molar-refractivity contribution in [3.05, 3.63) is 45.7 Å². The van der Waals surface area contributed by atoms with E-state index in [0.29, 0.717) is 10.9 Å². The Bertz CT molecular complexity index is 834. The lowest BCUT2D eigenvalue weighted by Crippen LogP contribution is -2.11. The summed E-state index contributed by atoms with van der Waals surface area (Å²) in [5, 5.41) is 2.57. The maximum atomic E-state index is 12.0. The molecule has 4 heteroatoms. The van der Waals surface area contributed by atoms with Gasteiger partial charge in [-0.25, -0.2) is 4.98 Å². The summed E-state index contributed by atoms with van der Waals surface area (Å²) in [6.45, 7) is 4.09. The highest BCUT2D eigenvalue weighted by molar-refractivity contribution is 6.06. The summed E-state index contributed by atoms with van der Waals surface area (Å²) in [4.78, 5) is 18.7. The molecule has 3 aromatic rings. The average Bonchev–Trinajstić information content (AvgIpc) is 2.30. The SMILES string of the molecule is Cc1cc2ccc3nc(N)[nH]c(=O)c3c2cc1C. The van der Waals surface area contributed by atoms with Crippen LogP contribution >= 0.6 is 0 Å². The summed E-state index contributed by atoms with van der Waals surface area (Å²) >= 11 is 0. The largest absolute Gasteiger partial charge is 0.369 e. The first-order valence-electron chi connectivity index (χ1n) is 5.76. The summed E-state index contributed by atoms with van der Waals surface area (Å²) in [5.41, 5.74) is 8.37. The Morgan fingerprint density at radius 2 is 1.89 bits per heavy atom. The van der Waals surface area contributed by atoms with E-state index in [4.69, 9.17) is 5.73 Å². The van der Waals surface area contributed by atoms with E-state index in [1.165, 1.54) is 5.56 Å². The number of aromatic amines is 1. The van der Waals surface area contributed by atoms with Crippen molar-refractivity contribution < 1.29 is 0 Å². The number of fused-ring (bicyclic) bond motifs is 3. The molecule has 0 atom stereocenters. The number of nitrogens with one attached hydrogen (secondary N) is 1. The molecule has 0 aliphatic rings. The molecule has 1 heterocycles. The van der Waals surface area contributed by atoms with E-state index >= 15 is 0 Å². The molecule has 0 saturated heterocycles. The van der Waals surface area contributed by atoms with Crippen molar-refractivity contribution >= 4 is 27.6 Å². The molecule has 2 aromatic carbocycles. The van der Waals surface area contributed by atoms with Crippen molar-refractivity contribution in [1.82, 2.24) is 9.97 Å². The fourth-order valence-corrected chi connectivity index (χ4v) is 2.25. The summed E-state index contributed by atoms with van der Waals surface area (Å²) < 4.78 is 0. The predicted octanol–water partition coefficient (Wildman–Crippen LogP) is 2.28. The molecule has 0 aliphatic heterocycles. The highest BCUT2D eigenvalue weighted by atomic mass is 16.1. The molecule has 0 spiro atoms. The Hall–Kier alpha value is -2.36. The molecule has 0 aliphatic carbocycles. The van der Waals surface area contributed by atoms with Gasteiger partial charge in [-0.3, -0.25) is 9.78 Å². The topological polar surface area (TPSA) is 71.8 Å². The molecule has 4 nitrogen and oxygen atoms in total. The van der Waals surface area contributed by atoms with Crippen LogP contribution in [-0.4, -0.2) is 9.97 Å². The van der Waals surface area contributed by atoms with Crippen LogP contribution in [-0.2, 0) is 0 Å². The quantitative estimate of drug-likeness (QED) is 0.591. The molecule has 3 rings (SSSR count). The average molecular weight is 239 g/mol. The minimum atomic E-state index is -0.189. The van der Waals surface area contributed by atoms with Crippen LogP contribution in [0.15, 0.2) is 29.1 Å². The first-order valence-corrected chi connectivity index (χ1v) is 5.76. The van der Waals surface area contributed by atoms with E-state index in [9.17, 15) is 4.79 Å². The van der Waals surface area contributed by atoms with E-state index in [1.807, 2.05) is 25.1 Å². The zero-order valence-corrected chi connectivity index (χ0v) is 10.2. The number of nitrogens with zero attached hydrogens (tertiary/aromatic N) is 1. The number of anilines is 1. The third-order valence-corrected chi connectivity index (χ3v) is 3.32. The minimum Gasteiger partial charge on any atom is -0.369 e. The molecule has 3 N–H and O–H groups in total. The van der Waals surface area contributed by atoms with Crippen LogP contribution in [0.1, 0.15) is 11.1 Å². The van der Waals surface area contributed by atoms with Crippen LogP contribution in [0.3, 0.4) is 0 Å². The smallest absolute Gasteiger partial charge is 0.260 e. The second kappa shape index (κ2) is 3.57. The zero-order valence-electron chi connectivity index (χ0n) is 10.2. The van der Waals surface area contributed by atoms with Gasteiger partial charge in [0.2, 0.25) is 5.95 Å². The van der Waals surface area contributed by atoms with Gasteiger partial charge >= 0.3 is 0 Å². The number of hydrogen-bond donors (Lipinski definition) is 2. The minimum absolute atomic E-state index is 0.149. The number of aromatic nitrogens is 2. The summed E-state index contributed by atoms with van der Waals surface area (Å²) in [7, 11) is 0. The van der Waals surface area contributed by atoms with Gasteiger partial charge in [-0.1, -0.05) is 18.2 Å². The first kappa shape index (κ1) is 10.8. The monoisotopic (exact) mass is 239 g/mol. The third-order valence-electron chi connectivity index (χ3n) is 3.32. The van der Waals surface area contributed by atoms with Gasteiger partial charge in [0.15, 0.2) is 0 Å². The van der Waals surface area contributed by atoms with E-state index in [0.717, 1.165) is 16.3 Å². The lowest BCUT2D eigenvalue weighted by atomic mass is 10.00. The molecule has 0 radical (unpaired) electrons. The Morgan fingerprint density at radius 1 is 1.17 bits per heavy atom. The van der Waals surface area contributed by atoms with Crippen LogP contribution in [0.5, 0.6) is 0 Å². The lowest BCUT2D eigenvalue weighted by molar-refractivity contribution is 1.19. The van der Waals surface area contributed by atoms with Gasteiger partial charge in [-0.05, 0) is 41.8 Å². The van der Waals surface area contributed by atoms with Gasteiger partial charge in [0.25, 0.3) is 5.56 Å². The van der Waals surface area contributed by atoms with Crippen LogP contribution < -0.4 is 11.3 Å². The Morgan fingerprint density at radius 3 is 2.67 bits per heavy atom. The number of rotatable bonds is 0. The maximum Gasteiger partial charge on any atom is 0.260 e. The maximum absolute atomic E-state index is 12.0. The van der Waals surface area contributed by atoms with Crippen LogP contribution in [0, 0.1) is 13.8 Å². The summed E-state index contributed by atoms with van der Waals surface area (Å²) in [6.07, 6.45) is 0. The van der Waals surface area contributed by atoms with Crippen molar-refractivity contribution in [2.75, 3.05) is 5.73 Å². The standard InChI is InChI=1S/C14H13N3O/c1-7-5-9-3-4-11-12(10(9)6-8(7)2)13(18)17-14(15)16-11/h3-6H,1-2H3,(H3,15,16,17,18). The molecular weight excluding hydrogens is 226 g/mol. The van der Waals surface area contributed by atoms with Gasteiger partial charge in [-0.2, -0.15) is 0 Å². The molecule has 0 saturated carbocycles. The number of nitrogens with two attached hydrogens (primary N) is 1. The van der Waals surface area contributed by atoms with Gasteiger partial charge in [0, 0.05) is 0 Å². The van der Waals surface area contributed by atoms with Crippen LogP contribution in [0.25, 0.3) is 21.7 Å². The van der Waals surface area contributed by atoms with Gasteiger partial charge in [-0.15, -0.1) is 0 Å². The van der Waals surface area contributed by atoms with Crippen molar-refractivity contribution in [3.63, 3.8) is 0 Å². The lowest BCUT2D eigenvalue weighted by Gasteiger charge is -2.07. The Kier molecular flexibility index (Phi) is 2.13. The number of hydrogen-bond acceptors (Lipinski definition) is 3. The third kappa shape index (κ3) is 1.46. The number of benzene rings is 2. The molecular formula is C14H13N3O. The number of H-pyrrole nitrogens is 1. The highest BCUT2D eigenvalue weighted by Gasteiger charge is 2.08. The normalized spacial score (nSPS) is 11.2. The van der Waals surface area contributed by atoms with Gasteiger partial charge in [0.05, 0.1) is 10.9 Å². The fraction of sp³-hybridized carbons (Fsp3) is 0.143. The molecule has 90 valence electrons. The molecule has 0 fully saturated rings. The van der Waals surface area contributed by atoms with Crippen LogP contribution in [0.2, 0.25) is 0 Å². The van der Waals surface area contributed by atoms with Crippen molar-refractivity contribution in [2.45, 2.75) is 13.8 Å². The van der Waals surface area contributed by atoms with Crippen molar-refractivity contribution in [2.24, 2.45) is 0 Å². The molecule has 0 amide bonds. The second-order valence-corrected chi connectivity index (χ2v) is 4.57. The number of nitrogen functional groups attached to an aromatic ring is 1. The summed E-state index contributed by atoms with van der Waals surface area (Å²) in [6, 6.07) is 7.91. The number of aryl methyl sites for hydroxylation is 2. The first-order chi connectivity index (χ1) is 8.56. The second-order valence-electron chi connectivity index (χ2n) is 4.57. The predicted molar refractivity (Wildman–Crippen MR) is 73.8 cm³/mol.